The summed E-state index contributed by atoms with van der Waals surface area (Å²) in [7, 11) is 0. The topological polar surface area (TPSA) is 32.7 Å². The summed E-state index contributed by atoms with van der Waals surface area (Å²) >= 11 is 0. The number of hydrogen-bond donors (Lipinski definition) is 0. The molecule has 1 atom stereocenters. The Morgan fingerprint density at radius 2 is 1.63 bits per heavy atom. The zero-order valence-electron chi connectivity index (χ0n) is 10.4. The molecule has 3 nitrogen and oxygen atoms in total. The largest absolute Gasteiger partial charge is 0.277 e. The molecule has 0 aliphatic carbocycles. The minimum Gasteiger partial charge on any atom is -0.277 e. The zero-order chi connectivity index (χ0) is 13.1. The molecule has 1 heterocycles. The van der Waals surface area contributed by atoms with Crippen molar-refractivity contribution in [2.24, 2.45) is 5.10 Å². The van der Waals surface area contributed by atoms with Gasteiger partial charge in [0.15, 0.2) is 0 Å². The monoisotopic (exact) mass is 250 g/mol. The van der Waals surface area contributed by atoms with E-state index in [4.69, 9.17) is 0 Å². The van der Waals surface area contributed by atoms with E-state index in [0.717, 1.165) is 29.7 Å². The molecule has 19 heavy (non-hydrogen) atoms. The van der Waals surface area contributed by atoms with Gasteiger partial charge in [0.25, 0.3) is 0 Å². The van der Waals surface area contributed by atoms with Crippen LogP contribution in [0.3, 0.4) is 0 Å². The van der Waals surface area contributed by atoms with E-state index in [0.29, 0.717) is 0 Å². The van der Waals surface area contributed by atoms with Crippen molar-refractivity contribution in [3.05, 3.63) is 71.8 Å². The number of rotatable bonds is 3. The summed E-state index contributed by atoms with van der Waals surface area (Å²) in [4.78, 5) is 11.2. The van der Waals surface area contributed by atoms with Crippen LogP contribution in [-0.2, 0) is 4.79 Å². The number of amides is 1. The molecule has 0 radical (unpaired) electrons. The first-order chi connectivity index (χ1) is 9.38. The second-order valence-corrected chi connectivity index (χ2v) is 4.53. The fourth-order valence-electron chi connectivity index (χ4n) is 2.38. The zero-order valence-corrected chi connectivity index (χ0v) is 10.4. The lowest BCUT2D eigenvalue weighted by atomic mass is 9.99. The Morgan fingerprint density at radius 1 is 1.00 bits per heavy atom. The normalized spacial score (nSPS) is 18.2. The van der Waals surface area contributed by atoms with Crippen LogP contribution in [0.5, 0.6) is 0 Å². The van der Waals surface area contributed by atoms with Crippen molar-refractivity contribution in [1.82, 2.24) is 5.01 Å². The molecule has 0 saturated heterocycles. The average molecular weight is 250 g/mol. The van der Waals surface area contributed by atoms with Crippen LogP contribution in [0, 0.1) is 0 Å². The highest BCUT2D eigenvalue weighted by molar-refractivity contribution is 6.02. The predicted molar refractivity (Wildman–Crippen MR) is 74.7 cm³/mol. The maximum Gasteiger partial charge on any atom is 0.230 e. The standard InChI is InChI=1S/C16H14N2O/c19-12-18-16(14-9-5-2-6-10-14)11-15(17-18)13-7-3-1-4-8-13/h1-10,12,16H,11H2/t16-/m1/s1. The Hall–Kier alpha value is -2.42. The van der Waals surface area contributed by atoms with Crippen LogP contribution < -0.4 is 0 Å². The second-order valence-electron chi connectivity index (χ2n) is 4.53. The molecule has 94 valence electrons. The average Bonchev–Trinajstić information content (AvgIpc) is 2.93. The Bertz CT molecular complexity index is 593. The van der Waals surface area contributed by atoms with Crippen LogP contribution in [0.4, 0.5) is 0 Å². The van der Waals surface area contributed by atoms with Crippen LogP contribution in [0.1, 0.15) is 23.6 Å². The maximum absolute atomic E-state index is 11.2. The third kappa shape index (κ3) is 2.27. The van der Waals surface area contributed by atoms with Gasteiger partial charge in [0, 0.05) is 6.42 Å². The predicted octanol–water partition coefficient (Wildman–Crippen LogP) is 2.99. The molecule has 0 spiro atoms. The lowest BCUT2D eigenvalue weighted by molar-refractivity contribution is -0.119. The molecule has 1 amide bonds. The van der Waals surface area contributed by atoms with E-state index < -0.39 is 0 Å². The van der Waals surface area contributed by atoms with Crippen molar-refractivity contribution in [3.8, 4) is 0 Å². The van der Waals surface area contributed by atoms with E-state index >= 15 is 0 Å². The van der Waals surface area contributed by atoms with Gasteiger partial charge in [-0.25, -0.2) is 5.01 Å². The van der Waals surface area contributed by atoms with Gasteiger partial charge in [-0.1, -0.05) is 60.7 Å². The Kier molecular flexibility index (Phi) is 3.11. The van der Waals surface area contributed by atoms with Gasteiger partial charge in [0.05, 0.1) is 11.8 Å². The summed E-state index contributed by atoms with van der Waals surface area (Å²) in [6.07, 6.45) is 1.56. The van der Waals surface area contributed by atoms with Crippen LogP contribution in [0.2, 0.25) is 0 Å². The van der Waals surface area contributed by atoms with E-state index in [1.807, 2.05) is 60.7 Å². The molecule has 0 aromatic heterocycles. The quantitative estimate of drug-likeness (QED) is 0.771. The summed E-state index contributed by atoms with van der Waals surface area (Å²) < 4.78 is 0. The molecule has 2 aromatic carbocycles. The van der Waals surface area contributed by atoms with Gasteiger partial charge < -0.3 is 0 Å². The molecule has 3 rings (SSSR count). The van der Waals surface area contributed by atoms with E-state index in [1.54, 1.807) is 0 Å². The summed E-state index contributed by atoms with van der Waals surface area (Å²) in [5.74, 6) is 0. The molecule has 1 aliphatic rings. The minimum atomic E-state index is 0.00825. The summed E-state index contributed by atoms with van der Waals surface area (Å²) in [5.41, 5.74) is 3.15. The van der Waals surface area contributed by atoms with Crippen molar-refractivity contribution >= 4 is 12.1 Å². The third-order valence-electron chi connectivity index (χ3n) is 3.34. The van der Waals surface area contributed by atoms with Crippen LogP contribution in [-0.4, -0.2) is 17.1 Å². The Balaban J connectivity index is 1.90. The fraction of sp³-hybridized carbons (Fsp3) is 0.125. The van der Waals surface area contributed by atoms with Crippen molar-refractivity contribution in [3.63, 3.8) is 0 Å². The van der Waals surface area contributed by atoms with Crippen molar-refractivity contribution in [2.75, 3.05) is 0 Å². The molecular weight excluding hydrogens is 236 g/mol. The lowest BCUT2D eigenvalue weighted by Gasteiger charge is -2.16. The van der Waals surface area contributed by atoms with Gasteiger partial charge in [-0.05, 0) is 11.1 Å². The van der Waals surface area contributed by atoms with Crippen LogP contribution in [0.25, 0.3) is 0 Å². The van der Waals surface area contributed by atoms with E-state index in [1.165, 1.54) is 5.01 Å². The molecule has 0 N–H and O–H groups in total. The second kappa shape index (κ2) is 5.06. The number of carbonyl (C=O) groups is 1. The molecule has 0 bridgehead atoms. The highest BCUT2D eigenvalue weighted by atomic mass is 16.1. The van der Waals surface area contributed by atoms with Crippen molar-refractivity contribution in [2.45, 2.75) is 12.5 Å². The molecule has 0 unspecified atom stereocenters. The number of hydrogen-bond acceptors (Lipinski definition) is 2. The van der Waals surface area contributed by atoms with E-state index in [9.17, 15) is 4.79 Å². The Labute approximate surface area is 112 Å². The highest BCUT2D eigenvalue weighted by Gasteiger charge is 2.28. The third-order valence-corrected chi connectivity index (χ3v) is 3.34. The van der Waals surface area contributed by atoms with Crippen molar-refractivity contribution in [1.29, 1.82) is 0 Å². The highest BCUT2D eigenvalue weighted by Crippen LogP contribution is 2.31. The first-order valence-electron chi connectivity index (χ1n) is 6.30. The van der Waals surface area contributed by atoms with Crippen LogP contribution >= 0.6 is 0 Å². The number of carbonyl (C=O) groups excluding carboxylic acids is 1. The first kappa shape index (κ1) is 11.7. The van der Waals surface area contributed by atoms with Gasteiger partial charge >= 0.3 is 0 Å². The summed E-state index contributed by atoms with van der Waals surface area (Å²) in [6.45, 7) is 0. The van der Waals surface area contributed by atoms with Gasteiger partial charge in [-0.15, -0.1) is 0 Å². The van der Waals surface area contributed by atoms with E-state index in [-0.39, 0.29) is 6.04 Å². The number of benzene rings is 2. The summed E-state index contributed by atoms with van der Waals surface area (Å²) in [6, 6.07) is 20.0. The first-order valence-corrected chi connectivity index (χ1v) is 6.30. The molecule has 0 fully saturated rings. The summed E-state index contributed by atoms with van der Waals surface area (Å²) in [5, 5.41) is 5.93. The van der Waals surface area contributed by atoms with Gasteiger partial charge in [0.1, 0.15) is 0 Å². The molecular formula is C16H14N2O. The SMILES string of the molecule is O=CN1N=C(c2ccccc2)C[C@@H]1c1ccccc1. The van der Waals surface area contributed by atoms with Gasteiger partial charge in [-0.2, -0.15) is 5.10 Å². The lowest BCUT2D eigenvalue weighted by Crippen LogP contribution is -2.17. The molecule has 2 aromatic rings. The molecule has 0 saturated carbocycles. The van der Waals surface area contributed by atoms with Gasteiger partial charge in [0.2, 0.25) is 6.41 Å². The maximum atomic E-state index is 11.2. The van der Waals surface area contributed by atoms with E-state index in [2.05, 4.69) is 5.10 Å². The molecule has 1 aliphatic heterocycles. The number of hydrazone groups is 1. The molecule has 3 heteroatoms. The van der Waals surface area contributed by atoms with Gasteiger partial charge in [-0.3, -0.25) is 4.79 Å². The van der Waals surface area contributed by atoms with Crippen LogP contribution in [0.15, 0.2) is 65.8 Å². The smallest absolute Gasteiger partial charge is 0.230 e. The van der Waals surface area contributed by atoms with Crippen molar-refractivity contribution < 1.29 is 4.79 Å². The fourth-order valence-corrected chi connectivity index (χ4v) is 2.38. The Morgan fingerprint density at radius 3 is 2.26 bits per heavy atom. The minimum absolute atomic E-state index is 0.00825. The number of nitrogens with zero attached hydrogens (tertiary/aromatic N) is 2.